The number of unbranched alkanes of at least 4 members (excludes halogenated alkanes) is 1. The van der Waals surface area contributed by atoms with Crippen LogP contribution < -0.4 is 4.74 Å². The average Bonchev–Trinajstić information content (AvgIpc) is 2.38. The van der Waals surface area contributed by atoms with Gasteiger partial charge in [-0.05, 0) is 68.5 Å². The van der Waals surface area contributed by atoms with Crippen LogP contribution in [-0.4, -0.2) is 31.4 Å². The Labute approximate surface area is 135 Å². The summed E-state index contributed by atoms with van der Waals surface area (Å²) in [6.07, 6.45) is 4.48. The van der Waals surface area contributed by atoms with Crippen LogP contribution in [0, 0.1) is 0 Å². The lowest BCUT2D eigenvalue weighted by molar-refractivity contribution is -0.131. The highest BCUT2D eigenvalue weighted by Gasteiger charge is 2.08. The zero-order valence-electron chi connectivity index (χ0n) is 11.1. The molecule has 0 bridgehead atoms. The van der Waals surface area contributed by atoms with Crippen molar-refractivity contribution >= 4 is 43.9 Å². The molecule has 0 heterocycles. The average molecular weight is 408 g/mol. The summed E-state index contributed by atoms with van der Waals surface area (Å²) in [7, 11) is 1.68. The second-order valence-corrected chi connectivity index (χ2v) is 5.74. The van der Waals surface area contributed by atoms with Gasteiger partial charge in [0.2, 0.25) is 0 Å². The Morgan fingerprint density at radius 1 is 1.25 bits per heavy atom. The van der Waals surface area contributed by atoms with Gasteiger partial charge in [0.15, 0.2) is 0 Å². The largest absolute Gasteiger partial charge is 0.491 e. The Balaban J connectivity index is 2.66. The molecule has 1 aromatic carbocycles. The normalized spacial score (nSPS) is 10.9. The third kappa shape index (κ3) is 6.07. The number of carboxylic acids is 1. The molecular formula is C14H16Br2O4. The molecule has 0 aliphatic rings. The summed E-state index contributed by atoms with van der Waals surface area (Å²) in [5.74, 6) is -0.259. The van der Waals surface area contributed by atoms with Gasteiger partial charge in [0.1, 0.15) is 5.75 Å². The van der Waals surface area contributed by atoms with Gasteiger partial charge in [0.25, 0.3) is 0 Å². The summed E-state index contributed by atoms with van der Waals surface area (Å²) >= 11 is 6.85. The van der Waals surface area contributed by atoms with E-state index in [1.54, 1.807) is 7.11 Å². The number of carbonyl (C=O) groups is 1. The van der Waals surface area contributed by atoms with Gasteiger partial charge in [-0.1, -0.05) is 0 Å². The molecule has 0 radical (unpaired) electrons. The van der Waals surface area contributed by atoms with Crippen molar-refractivity contribution in [2.45, 2.75) is 12.8 Å². The molecule has 20 heavy (non-hydrogen) atoms. The number of ether oxygens (including phenoxy) is 2. The number of halogens is 2. The molecule has 0 fully saturated rings. The quantitative estimate of drug-likeness (QED) is 0.520. The van der Waals surface area contributed by atoms with Gasteiger partial charge < -0.3 is 14.6 Å². The molecule has 0 amide bonds. The predicted molar refractivity (Wildman–Crippen MR) is 85.1 cm³/mol. The second kappa shape index (κ2) is 9.15. The second-order valence-electron chi connectivity index (χ2n) is 4.03. The van der Waals surface area contributed by atoms with Crippen LogP contribution >= 0.6 is 31.9 Å². The van der Waals surface area contributed by atoms with E-state index in [1.165, 1.54) is 6.08 Å². The first-order valence-electron chi connectivity index (χ1n) is 6.06. The van der Waals surface area contributed by atoms with Crippen LogP contribution in [0.3, 0.4) is 0 Å². The van der Waals surface area contributed by atoms with E-state index in [0.29, 0.717) is 6.61 Å². The summed E-state index contributed by atoms with van der Waals surface area (Å²) in [6.45, 7) is 1.33. The standard InChI is InChI=1S/C14H16Br2O4/c1-19-6-2-3-7-20-14-11(15)8-10(9-12(14)16)4-5-13(17)18/h4-5,8-9H,2-3,6-7H2,1H3,(H,17,18)/b5-4+. The highest BCUT2D eigenvalue weighted by Crippen LogP contribution is 2.35. The lowest BCUT2D eigenvalue weighted by Crippen LogP contribution is -2.01. The fourth-order valence-corrected chi connectivity index (χ4v) is 2.95. The van der Waals surface area contributed by atoms with Crippen LogP contribution in [-0.2, 0) is 9.53 Å². The molecule has 0 aliphatic heterocycles. The van der Waals surface area contributed by atoms with Crippen molar-refractivity contribution in [2.24, 2.45) is 0 Å². The SMILES string of the molecule is COCCCCOc1c(Br)cc(/C=C/C(=O)O)cc1Br. The van der Waals surface area contributed by atoms with Crippen molar-refractivity contribution in [3.05, 3.63) is 32.7 Å². The molecule has 6 heteroatoms. The van der Waals surface area contributed by atoms with Gasteiger partial charge in [-0.3, -0.25) is 0 Å². The Bertz CT molecular complexity index is 463. The fourth-order valence-electron chi connectivity index (χ4n) is 1.50. The Morgan fingerprint density at radius 2 is 1.85 bits per heavy atom. The first-order valence-corrected chi connectivity index (χ1v) is 7.65. The molecule has 0 saturated heterocycles. The van der Waals surface area contributed by atoms with Crippen LogP contribution in [0.4, 0.5) is 0 Å². The number of carboxylic acid groups (broad SMARTS) is 1. The molecule has 1 aromatic rings. The minimum atomic E-state index is -0.976. The van der Waals surface area contributed by atoms with Gasteiger partial charge in [0.05, 0.1) is 15.6 Å². The van der Waals surface area contributed by atoms with E-state index in [9.17, 15) is 4.79 Å². The van der Waals surface area contributed by atoms with Crippen LogP contribution in [0.5, 0.6) is 5.75 Å². The summed E-state index contributed by atoms with van der Waals surface area (Å²) in [5.41, 5.74) is 0.776. The lowest BCUT2D eigenvalue weighted by atomic mass is 10.2. The Kier molecular flexibility index (Phi) is 7.87. The van der Waals surface area contributed by atoms with Gasteiger partial charge in [0, 0.05) is 19.8 Å². The number of hydrogen-bond donors (Lipinski definition) is 1. The number of aliphatic carboxylic acids is 1. The van der Waals surface area contributed by atoms with Gasteiger partial charge in [-0.2, -0.15) is 0 Å². The van der Waals surface area contributed by atoms with Crippen LogP contribution in [0.1, 0.15) is 18.4 Å². The zero-order chi connectivity index (χ0) is 15.0. The van der Waals surface area contributed by atoms with Crippen molar-refractivity contribution in [3.63, 3.8) is 0 Å². The summed E-state index contributed by atoms with van der Waals surface area (Å²) in [4.78, 5) is 10.5. The maximum Gasteiger partial charge on any atom is 0.328 e. The molecule has 0 saturated carbocycles. The van der Waals surface area contributed by atoms with Gasteiger partial charge in [-0.25, -0.2) is 4.79 Å². The molecule has 110 valence electrons. The topological polar surface area (TPSA) is 55.8 Å². The zero-order valence-corrected chi connectivity index (χ0v) is 14.2. The third-order valence-corrected chi connectivity index (χ3v) is 3.61. The van der Waals surface area contributed by atoms with Gasteiger partial charge in [-0.15, -0.1) is 0 Å². The van der Waals surface area contributed by atoms with Crippen molar-refractivity contribution < 1.29 is 19.4 Å². The summed E-state index contributed by atoms with van der Waals surface area (Å²) in [5, 5.41) is 8.61. The highest BCUT2D eigenvalue weighted by atomic mass is 79.9. The van der Waals surface area contributed by atoms with Crippen LogP contribution in [0.2, 0.25) is 0 Å². The molecule has 1 rings (SSSR count). The first-order chi connectivity index (χ1) is 9.54. The van der Waals surface area contributed by atoms with Crippen molar-refractivity contribution in [2.75, 3.05) is 20.3 Å². The number of methoxy groups -OCH3 is 1. The van der Waals surface area contributed by atoms with Crippen LogP contribution in [0.25, 0.3) is 6.08 Å². The fraction of sp³-hybridized carbons (Fsp3) is 0.357. The molecule has 0 aromatic heterocycles. The van der Waals surface area contributed by atoms with E-state index in [1.807, 2.05) is 12.1 Å². The molecular weight excluding hydrogens is 392 g/mol. The van der Waals surface area contributed by atoms with Crippen molar-refractivity contribution in [3.8, 4) is 5.75 Å². The van der Waals surface area contributed by atoms with Crippen molar-refractivity contribution in [1.29, 1.82) is 0 Å². The first kappa shape index (κ1) is 17.2. The van der Waals surface area contributed by atoms with E-state index in [-0.39, 0.29) is 0 Å². The number of hydrogen-bond acceptors (Lipinski definition) is 3. The number of benzene rings is 1. The maximum absolute atomic E-state index is 10.5. The Morgan fingerprint density at radius 3 is 2.40 bits per heavy atom. The smallest absolute Gasteiger partial charge is 0.328 e. The predicted octanol–water partition coefficient (Wildman–Crippen LogP) is 4.11. The molecule has 0 aliphatic carbocycles. The van der Waals surface area contributed by atoms with E-state index in [2.05, 4.69) is 31.9 Å². The van der Waals surface area contributed by atoms with Crippen LogP contribution in [0.15, 0.2) is 27.2 Å². The van der Waals surface area contributed by atoms with E-state index in [4.69, 9.17) is 14.6 Å². The molecule has 4 nitrogen and oxygen atoms in total. The minimum absolute atomic E-state index is 0.602. The lowest BCUT2D eigenvalue weighted by Gasteiger charge is -2.11. The van der Waals surface area contributed by atoms with Gasteiger partial charge >= 0.3 is 5.97 Å². The molecule has 0 atom stereocenters. The maximum atomic E-state index is 10.5. The molecule has 0 spiro atoms. The Hall–Kier alpha value is -0.850. The molecule has 1 N–H and O–H groups in total. The third-order valence-electron chi connectivity index (χ3n) is 2.43. The summed E-state index contributed by atoms with van der Waals surface area (Å²) in [6, 6.07) is 3.63. The van der Waals surface area contributed by atoms with E-state index >= 15 is 0 Å². The summed E-state index contributed by atoms with van der Waals surface area (Å²) < 4.78 is 12.2. The number of rotatable bonds is 8. The monoisotopic (exact) mass is 406 g/mol. The van der Waals surface area contributed by atoms with Crippen molar-refractivity contribution in [1.82, 2.24) is 0 Å². The van der Waals surface area contributed by atoms with E-state index < -0.39 is 5.97 Å². The highest BCUT2D eigenvalue weighted by molar-refractivity contribution is 9.11. The minimum Gasteiger partial charge on any atom is -0.491 e. The van der Waals surface area contributed by atoms with E-state index in [0.717, 1.165) is 45.8 Å². The molecule has 0 unspecified atom stereocenters.